The first-order chi connectivity index (χ1) is 10.5. The Bertz CT molecular complexity index is 651. The van der Waals surface area contributed by atoms with Gasteiger partial charge in [0.15, 0.2) is 5.96 Å². The molecule has 0 aliphatic rings. The Balaban J connectivity index is 2.16. The number of para-hydroxylation sites is 1. The fourth-order valence-corrected chi connectivity index (χ4v) is 3.28. The van der Waals surface area contributed by atoms with Crippen LogP contribution in [0.1, 0.15) is 40.6 Å². The molecule has 4 nitrogen and oxygen atoms in total. The predicted molar refractivity (Wildman–Crippen MR) is 95.7 cm³/mol. The minimum atomic E-state index is 0.445. The van der Waals surface area contributed by atoms with E-state index in [0.29, 0.717) is 12.5 Å². The molecule has 0 aliphatic carbocycles. The van der Waals surface area contributed by atoms with E-state index in [-0.39, 0.29) is 0 Å². The van der Waals surface area contributed by atoms with E-state index >= 15 is 0 Å². The van der Waals surface area contributed by atoms with Crippen molar-refractivity contribution in [2.75, 3.05) is 5.32 Å². The molecule has 0 amide bonds. The smallest absolute Gasteiger partial charge is 0.193 e. The second-order valence-electron chi connectivity index (χ2n) is 5.22. The SMILES string of the molecule is CCc1cccc(CC)c1NC(N)=NCc1nc(C)sc1C. The lowest BCUT2D eigenvalue weighted by Crippen LogP contribution is -2.24. The van der Waals surface area contributed by atoms with Gasteiger partial charge in [0.2, 0.25) is 0 Å². The van der Waals surface area contributed by atoms with Crippen LogP contribution in [0.5, 0.6) is 0 Å². The molecule has 0 fully saturated rings. The summed E-state index contributed by atoms with van der Waals surface area (Å²) in [7, 11) is 0. The van der Waals surface area contributed by atoms with Crippen molar-refractivity contribution in [2.24, 2.45) is 10.7 Å². The number of anilines is 1. The zero-order chi connectivity index (χ0) is 16.1. The first kappa shape index (κ1) is 16.5. The Labute approximate surface area is 136 Å². The number of nitrogens with one attached hydrogen (secondary N) is 1. The number of rotatable bonds is 5. The number of thiazole rings is 1. The summed E-state index contributed by atoms with van der Waals surface area (Å²) >= 11 is 1.70. The third-order valence-corrected chi connectivity index (χ3v) is 4.58. The zero-order valence-corrected chi connectivity index (χ0v) is 14.5. The van der Waals surface area contributed by atoms with Gasteiger partial charge in [-0.05, 0) is 37.8 Å². The molecule has 1 aromatic carbocycles. The Kier molecular flexibility index (Phi) is 5.55. The van der Waals surface area contributed by atoms with Crippen LogP contribution in [0.15, 0.2) is 23.2 Å². The summed E-state index contributed by atoms with van der Waals surface area (Å²) in [4.78, 5) is 10.1. The number of aromatic nitrogens is 1. The summed E-state index contributed by atoms with van der Waals surface area (Å²) in [6, 6.07) is 6.35. The zero-order valence-electron chi connectivity index (χ0n) is 13.7. The number of nitrogens with zero attached hydrogens (tertiary/aromatic N) is 2. The van der Waals surface area contributed by atoms with Gasteiger partial charge in [-0.1, -0.05) is 32.0 Å². The van der Waals surface area contributed by atoms with Crippen molar-refractivity contribution in [1.29, 1.82) is 0 Å². The Morgan fingerprint density at radius 1 is 1.23 bits per heavy atom. The highest BCUT2D eigenvalue weighted by Crippen LogP contribution is 2.22. The van der Waals surface area contributed by atoms with Crippen molar-refractivity contribution >= 4 is 23.0 Å². The number of hydrogen-bond donors (Lipinski definition) is 2. The summed E-state index contributed by atoms with van der Waals surface area (Å²) < 4.78 is 0. The number of aryl methyl sites for hydroxylation is 4. The molecule has 0 bridgehead atoms. The minimum absolute atomic E-state index is 0.445. The number of guanidine groups is 1. The van der Waals surface area contributed by atoms with Crippen LogP contribution in [0.2, 0.25) is 0 Å². The van der Waals surface area contributed by atoms with Crippen molar-refractivity contribution in [3.05, 3.63) is 44.9 Å². The molecule has 3 N–H and O–H groups in total. The van der Waals surface area contributed by atoms with E-state index in [4.69, 9.17) is 5.73 Å². The number of aliphatic imine (C=N–C) groups is 1. The van der Waals surface area contributed by atoms with Gasteiger partial charge in [-0.2, -0.15) is 0 Å². The van der Waals surface area contributed by atoms with Crippen LogP contribution in [0.25, 0.3) is 0 Å². The largest absolute Gasteiger partial charge is 0.370 e. The van der Waals surface area contributed by atoms with Gasteiger partial charge >= 0.3 is 0 Å². The molecule has 2 rings (SSSR count). The molecular formula is C17H24N4S. The van der Waals surface area contributed by atoms with Gasteiger partial charge < -0.3 is 11.1 Å². The van der Waals surface area contributed by atoms with Gasteiger partial charge in [-0.3, -0.25) is 0 Å². The number of nitrogens with two attached hydrogens (primary N) is 1. The Hall–Kier alpha value is -1.88. The highest BCUT2D eigenvalue weighted by Gasteiger charge is 2.08. The van der Waals surface area contributed by atoms with Gasteiger partial charge in [0, 0.05) is 10.6 Å². The molecule has 0 saturated carbocycles. The van der Waals surface area contributed by atoms with Crippen molar-refractivity contribution < 1.29 is 0 Å². The van der Waals surface area contributed by atoms with E-state index in [2.05, 4.69) is 54.3 Å². The highest BCUT2D eigenvalue weighted by atomic mass is 32.1. The van der Waals surface area contributed by atoms with Crippen molar-refractivity contribution in [3.63, 3.8) is 0 Å². The van der Waals surface area contributed by atoms with E-state index in [1.165, 1.54) is 16.0 Å². The van der Waals surface area contributed by atoms with Crippen LogP contribution >= 0.6 is 11.3 Å². The predicted octanol–water partition coefficient (Wildman–Crippen LogP) is 3.81. The van der Waals surface area contributed by atoms with Crippen LogP contribution in [0, 0.1) is 13.8 Å². The third-order valence-electron chi connectivity index (χ3n) is 3.65. The first-order valence-electron chi connectivity index (χ1n) is 7.65. The number of benzene rings is 1. The molecule has 0 spiro atoms. The Morgan fingerprint density at radius 3 is 2.36 bits per heavy atom. The summed E-state index contributed by atoms with van der Waals surface area (Å²) in [6.07, 6.45) is 1.93. The third kappa shape index (κ3) is 3.85. The quantitative estimate of drug-likeness (QED) is 0.651. The van der Waals surface area contributed by atoms with Crippen molar-refractivity contribution in [2.45, 2.75) is 47.1 Å². The van der Waals surface area contributed by atoms with Crippen molar-refractivity contribution in [3.8, 4) is 0 Å². The van der Waals surface area contributed by atoms with Gasteiger partial charge in [0.1, 0.15) is 0 Å². The average molecular weight is 316 g/mol. The van der Waals surface area contributed by atoms with E-state index in [9.17, 15) is 0 Å². The van der Waals surface area contributed by atoms with Gasteiger partial charge in [0.25, 0.3) is 0 Å². The average Bonchev–Trinajstić information content (AvgIpc) is 2.83. The Morgan fingerprint density at radius 2 is 1.86 bits per heavy atom. The lowest BCUT2D eigenvalue weighted by atomic mass is 10.0. The second-order valence-corrected chi connectivity index (χ2v) is 6.63. The van der Waals surface area contributed by atoms with E-state index in [1.807, 2.05) is 6.92 Å². The molecule has 5 heteroatoms. The van der Waals surface area contributed by atoms with Crippen molar-refractivity contribution in [1.82, 2.24) is 4.98 Å². The normalized spacial score (nSPS) is 11.7. The molecule has 0 radical (unpaired) electrons. The summed E-state index contributed by atoms with van der Waals surface area (Å²) in [5, 5.41) is 4.35. The summed E-state index contributed by atoms with van der Waals surface area (Å²) in [6.45, 7) is 8.90. The van der Waals surface area contributed by atoms with Crippen LogP contribution in [-0.2, 0) is 19.4 Å². The fourth-order valence-electron chi connectivity index (χ4n) is 2.45. The molecule has 22 heavy (non-hydrogen) atoms. The molecule has 0 atom stereocenters. The van der Waals surface area contributed by atoms with Crippen LogP contribution in [0.3, 0.4) is 0 Å². The van der Waals surface area contributed by atoms with E-state index in [1.54, 1.807) is 11.3 Å². The lowest BCUT2D eigenvalue weighted by molar-refractivity contribution is 0.979. The number of hydrogen-bond acceptors (Lipinski definition) is 3. The van der Waals surface area contributed by atoms with Gasteiger partial charge in [0.05, 0.1) is 17.2 Å². The van der Waals surface area contributed by atoms with Crippen LogP contribution in [-0.4, -0.2) is 10.9 Å². The molecule has 1 heterocycles. The first-order valence-corrected chi connectivity index (χ1v) is 8.47. The highest BCUT2D eigenvalue weighted by molar-refractivity contribution is 7.11. The van der Waals surface area contributed by atoms with Gasteiger partial charge in [-0.15, -0.1) is 11.3 Å². The molecule has 0 unspecified atom stereocenters. The maximum absolute atomic E-state index is 6.07. The standard InChI is InChI=1S/C17H24N4S/c1-5-13-8-7-9-14(6-2)16(13)21-17(18)19-10-15-11(3)22-12(4)20-15/h7-9H,5-6,10H2,1-4H3,(H3,18,19,21). The molecule has 0 saturated heterocycles. The maximum atomic E-state index is 6.07. The molecular weight excluding hydrogens is 292 g/mol. The molecule has 2 aromatic rings. The second kappa shape index (κ2) is 7.40. The van der Waals surface area contributed by atoms with E-state index < -0.39 is 0 Å². The van der Waals surface area contributed by atoms with Crippen LogP contribution < -0.4 is 11.1 Å². The minimum Gasteiger partial charge on any atom is -0.370 e. The fraction of sp³-hybridized carbons (Fsp3) is 0.412. The molecule has 118 valence electrons. The monoisotopic (exact) mass is 316 g/mol. The summed E-state index contributed by atoms with van der Waals surface area (Å²) in [5.74, 6) is 0.445. The van der Waals surface area contributed by atoms with E-state index in [0.717, 1.165) is 29.2 Å². The summed E-state index contributed by atoms with van der Waals surface area (Å²) in [5.41, 5.74) is 10.7. The maximum Gasteiger partial charge on any atom is 0.193 e. The molecule has 0 aliphatic heterocycles. The lowest BCUT2D eigenvalue weighted by Gasteiger charge is -2.14. The topological polar surface area (TPSA) is 63.3 Å². The molecule has 1 aromatic heterocycles. The van der Waals surface area contributed by atoms with Gasteiger partial charge in [-0.25, -0.2) is 9.98 Å². The van der Waals surface area contributed by atoms with Crippen LogP contribution in [0.4, 0.5) is 5.69 Å².